The van der Waals surface area contributed by atoms with Gasteiger partial charge >= 0.3 is 0 Å². The van der Waals surface area contributed by atoms with E-state index in [1.165, 1.54) is 6.42 Å². The lowest BCUT2D eigenvalue weighted by molar-refractivity contribution is 0.549. The van der Waals surface area contributed by atoms with Crippen molar-refractivity contribution in [3.63, 3.8) is 0 Å². The highest BCUT2D eigenvalue weighted by Gasteiger charge is 2.23. The molecule has 2 heterocycles. The third-order valence-electron chi connectivity index (χ3n) is 2.73. The molecular weight excluding hydrogens is 303 g/mol. The van der Waals surface area contributed by atoms with E-state index < -0.39 is 0 Å². The molecule has 1 N–H and O–H groups in total. The summed E-state index contributed by atoms with van der Waals surface area (Å²) in [6.45, 7) is 3.31. The van der Waals surface area contributed by atoms with E-state index in [0.717, 1.165) is 34.9 Å². The lowest BCUT2D eigenvalue weighted by Crippen LogP contribution is -2.25. The number of rotatable bonds is 3. The zero-order chi connectivity index (χ0) is 10.7. The molecule has 1 fully saturated rings. The van der Waals surface area contributed by atoms with Crippen LogP contribution in [-0.2, 0) is 0 Å². The molecule has 1 aliphatic rings. The van der Waals surface area contributed by atoms with Gasteiger partial charge in [-0.2, -0.15) is 0 Å². The van der Waals surface area contributed by atoms with Gasteiger partial charge in [-0.1, -0.05) is 0 Å². The van der Waals surface area contributed by atoms with Gasteiger partial charge in [-0.15, -0.1) is 0 Å². The number of nitrogens with one attached hydrogen (secondary N) is 1. The Morgan fingerprint density at radius 2 is 2.53 bits per heavy atom. The number of aromatic nitrogens is 2. The SMILES string of the molecule is CNCC1CCN(c2ncncc2I)C1. The molecule has 1 unspecified atom stereocenters. The van der Waals surface area contributed by atoms with E-state index in [4.69, 9.17) is 0 Å². The van der Waals surface area contributed by atoms with Crippen LogP contribution in [0.2, 0.25) is 0 Å². The predicted octanol–water partition coefficient (Wildman–Crippen LogP) is 1.13. The number of halogens is 1. The normalized spacial score (nSPS) is 20.9. The van der Waals surface area contributed by atoms with Crippen LogP contribution in [0.4, 0.5) is 5.82 Å². The molecule has 15 heavy (non-hydrogen) atoms. The summed E-state index contributed by atoms with van der Waals surface area (Å²) in [4.78, 5) is 10.7. The Balaban J connectivity index is 2.04. The van der Waals surface area contributed by atoms with Gasteiger partial charge in [-0.05, 0) is 48.5 Å². The quantitative estimate of drug-likeness (QED) is 0.848. The van der Waals surface area contributed by atoms with Crippen LogP contribution >= 0.6 is 22.6 Å². The molecule has 0 aliphatic carbocycles. The average Bonchev–Trinajstić information content (AvgIpc) is 2.68. The second kappa shape index (κ2) is 5.07. The summed E-state index contributed by atoms with van der Waals surface area (Å²) in [5.41, 5.74) is 0. The Hall–Kier alpha value is -0.430. The van der Waals surface area contributed by atoms with Crippen molar-refractivity contribution >= 4 is 28.4 Å². The van der Waals surface area contributed by atoms with Crippen molar-refractivity contribution in [3.05, 3.63) is 16.1 Å². The first-order valence-electron chi connectivity index (χ1n) is 5.16. The van der Waals surface area contributed by atoms with E-state index in [1.807, 2.05) is 13.2 Å². The monoisotopic (exact) mass is 318 g/mol. The maximum atomic E-state index is 4.34. The molecule has 0 spiro atoms. The summed E-state index contributed by atoms with van der Waals surface area (Å²) in [5.74, 6) is 1.84. The average molecular weight is 318 g/mol. The van der Waals surface area contributed by atoms with Gasteiger partial charge in [0.2, 0.25) is 0 Å². The Bertz CT molecular complexity index is 331. The van der Waals surface area contributed by atoms with Crippen molar-refractivity contribution in [2.24, 2.45) is 5.92 Å². The van der Waals surface area contributed by atoms with E-state index in [9.17, 15) is 0 Å². The molecule has 1 atom stereocenters. The molecule has 0 saturated carbocycles. The number of hydrogen-bond acceptors (Lipinski definition) is 4. The lowest BCUT2D eigenvalue weighted by Gasteiger charge is -2.18. The van der Waals surface area contributed by atoms with Gasteiger partial charge in [0.15, 0.2) is 0 Å². The minimum Gasteiger partial charge on any atom is -0.355 e. The highest BCUT2D eigenvalue weighted by molar-refractivity contribution is 14.1. The third kappa shape index (κ3) is 2.57. The Morgan fingerprint density at radius 1 is 1.67 bits per heavy atom. The molecule has 1 aliphatic heterocycles. The van der Waals surface area contributed by atoms with Crippen LogP contribution in [-0.4, -0.2) is 36.6 Å². The highest BCUT2D eigenvalue weighted by Crippen LogP contribution is 2.24. The second-order valence-corrected chi connectivity index (χ2v) is 5.01. The fraction of sp³-hybridized carbons (Fsp3) is 0.600. The minimum absolute atomic E-state index is 0.751. The largest absolute Gasteiger partial charge is 0.355 e. The van der Waals surface area contributed by atoms with E-state index in [-0.39, 0.29) is 0 Å². The molecule has 5 heteroatoms. The summed E-state index contributed by atoms with van der Waals surface area (Å²) >= 11 is 2.30. The molecule has 4 nitrogen and oxygen atoms in total. The summed E-state index contributed by atoms with van der Waals surface area (Å²) in [7, 11) is 2.01. The zero-order valence-electron chi connectivity index (χ0n) is 8.78. The Morgan fingerprint density at radius 3 is 3.27 bits per heavy atom. The van der Waals surface area contributed by atoms with Crippen molar-refractivity contribution < 1.29 is 0 Å². The molecule has 0 amide bonds. The zero-order valence-corrected chi connectivity index (χ0v) is 10.9. The van der Waals surface area contributed by atoms with E-state index in [2.05, 4.69) is 42.8 Å². The molecule has 1 saturated heterocycles. The molecular formula is C10H15IN4. The van der Waals surface area contributed by atoms with Crippen molar-refractivity contribution in [2.75, 3.05) is 31.6 Å². The van der Waals surface area contributed by atoms with Gasteiger partial charge in [0.1, 0.15) is 12.1 Å². The molecule has 0 aromatic carbocycles. The van der Waals surface area contributed by atoms with Crippen molar-refractivity contribution in [3.8, 4) is 0 Å². The Kier molecular flexibility index (Phi) is 3.74. The van der Waals surface area contributed by atoms with Crippen LogP contribution in [0.3, 0.4) is 0 Å². The fourth-order valence-corrected chi connectivity index (χ4v) is 2.66. The van der Waals surface area contributed by atoms with Crippen LogP contribution < -0.4 is 10.2 Å². The van der Waals surface area contributed by atoms with Crippen LogP contribution in [0.1, 0.15) is 6.42 Å². The number of nitrogens with zero attached hydrogens (tertiary/aromatic N) is 3. The summed E-state index contributed by atoms with van der Waals surface area (Å²) < 4.78 is 1.14. The van der Waals surface area contributed by atoms with Crippen molar-refractivity contribution in [1.82, 2.24) is 15.3 Å². The van der Waals surface area contributed by atoms with Crippen molar-refractivity contribution in [2.45, 2.75) is 6.42 Å². The molecule has 1 aromatic rings. The van der Waals surface area contributed by atoms with Gasteiger partial charge in [-0.25, -0.2) is 9.97 Å². The summed E-state index contributed by atoms with van der Waals surface area (Å²) in [6, 6.07) is 0. The first-order valence-corrected chi connectivity index (χ1v) is 6.24. The van der Waals surface area contributed by atoms with E-state index in [0.29, 0.717) is 0 Å². The smallest absolute Gasteiger partial charge is 0.145 e. The molecule has 1 aromatic heterocycles. The second-order valence-electron chi connectivity index (χ2n) is 3.85. The Labute approximate surface area is 104 Å². The predicted molar refractivity (Wildman–Crippen MR) is 69.0 cm³/mol. The van der Waals surface area contributed by atoms with Crippen LogP contribution in [0.15, 0.2) is 12.5 Å². The molecule has 2 rings (SSSR count). The number of anilines is 1. The summed E-state index contributed by atoms with van der Waals surface area (Å²) in [5, 5.41) is 3.23. The highest BCUT2D eigenvalue weighted by atomic mass is 127. The van der Waals surface area contributed by atoms with E-state index >= 15 is 0 Å². The molecule has 0 radical (unpaired) electrons. The third-order valence-corrected chi connectivity index (χ3v) is 3.49. The van der Waals surface area contributed by atoms with Crippen LogP contribution in [0.5, 0.6) is 0 Å². The molecule has 0 bridgehead atoms. The molecule has 82 valence electrons. The maximum Gasteiger partial charge on any atom is 0.145 e. The summed E-state index contributed by atoms with van der Waals surface area (Å²) in [6.07, 6.45) is 4.75. The van der Waals surface area contributed by atoms with E-state index in [1.54, 1.807) is 6.33 Å². The van der Waals surface area contributed by atoms with Crippen molar-refractivity contribution in [1.29, 1.82) is 0 Å². The van der Waals surface area contributed by atoms with Gasteiger partial charge < -0.3 is 10.2 Å². The van der Waals surface area contributed by atoms with Gasteiger partial charge in [-0.3, -0.25) is 0 Å². The standard InChI is InChI=1S/C10H15IN4/c1-12-4-8-2-3-15(6-8)10-9(11)5-13-7-14-10/h5,7-8,12H,2-4,6H2,1H3. The fourth-order valence-electron chi connectivity index (χ4n) is 2.02. The van der Waals surface area contributed by atoms with Crippen LogP contribution in [0, 0.1) is 9.49 Å². The minimum atomic E-state index is 0.751. The first-order chi connectivity index (χ1) is 7.31. The first kappa shape index (κ1) is 11.1. The maximum absolute atomic E-state index is 4.34. The van der Waals surface area contributed by atoms with Gasteiger partial charge in [0.25, 0.3) is 0 Å². The topological polar surface area (TPSA) is 41.0 Å². The van der Waals surface area contributed by atoms with Crippen LogP contribution in [0.25, 0.3) is 0 Å². The van der Waals surface area contributed by atoms with Gasteiger partial charge in [0.05, 0.1) is 3.57 Å². The number of hydrogen-bond donors (Lipinski definition) is 1. The van der Waals surface area contributed by atoms with Gasteiger partial charge in [0, 0.05) is 19.3 Å². The lowest BCUT2D eigenvalue weighted by atomic mass is 10.1.